The Balaban J connectivity index is 1.72. The van der Waals surface area contributed by atoms with Crippen molar-refractivity contribution in [1.82, 2.24) is 14.5 Å². The average molecular weight is 426 g/mol. The first-order chi connectivity index (χ1) is 14.4. The molecule has 2 aromatic carbocycles. The van der Waals surface area contributed by atoms with Gasteiger partial charge in [-0.3, -0.25) is 4.79 Å². The van der Waals surface area contributed by atoms with Crippen molar-refractivity contribution in [2.75, 3.05) is 12.4 Å². The van der Waals surface area contributed by atoms with Crippen LogP contribution in [0.3, 0.4) is 0 Å². The van der Waals surface area contributed by atoms with Crippen LogP contribution in [0.1, 0.15) is 33.3 Å². The Labute approximate surface area is 183 Å². The Morgan fingerprint density at radius 2 is 1.73 bits per heavy atom. The highest BCUT2D eigenvalue weighted by molar-refractivity contribution is 7.99. The second-order valence-corrected chi connectivity index (χ2v) is 9.03. The lowest BCUT2D eigenvalue weighted by atomic mass is 10.2. The predicted molar refractivity (Wildman–Crippen MR) is 124 cm³/mol. The van der Waals surface area contributed by atoms with Gasteiger partial charge in [-0.1, -0.05) is 41.6 Å². The molecule has 6 heteroatoms. The molecule has 0 aliphatic carbocycles. The van der Waals surface area contributed by atoms with E-state index in [0.29, 0.717) is 6.61 Å². The Morgan fingerprint density at radius 3 is 2.40 bits per heavy atom. The summed E-state index contributed by atoms with van der Waals surface area (Å²) in [7, 11) is 0. The van der Waals surface area contributed by atoms with Crippen molar-refractivity contribution in [2.24, 2.45) is 0 Å². The van der Waals surface area contributed by atoms with Crippen LogP contribution in [-0.4, -0.2) is 44.8 Å². The van der Waals surface area contributed by atoms with Crippen molar-refractivity contribution < 1.29 is 9.53 Å². The number of hydrogen-bond acceptors (Lipinski definition) is 4. The smallest absolute Gasteiger partial charge is 0.243 e. The highest BCUT2D eigenvalue weighted by atomic mass is 32.2. The predicted octanol–water partition coefficient (Wildman–Crippen LogP) is 5.16. The number of nitrogens with zero attached hydrogens (tertiary/aromatic N) is 3. The molecule has 0 saturated carbocycles. The minimum atomic E-state index is 0.112. The zero-order valence-electron chi connectivity index (χ0n) is 18.5. The minimum Gasteiger partial charge on any atom is -0.493 e. The molecule has 0 saturated heterocycles. The molecule has 3 aromatic rings. The first kappa shape index (κ1) is 22.2. The third-order valence-corrected chi connectivity index (χ3v) is 5.86. The molecular weight excluding hydrogens is 394 g/mol. The van der Waals surface area contributed by atoms with Gasteiger partial charge in [0.25, 0.3) is 0 Å². The molecule has 0 aliphatic heterocycles. The van der Waals surface area contributed by atoms with Gasteiger partial charge in [0.1, 0.15) is 12.3 Å². The van der Waals surface area contributed by atoms with Gasteiger partial charge >= 0.3 is 0 Å². The van der Waals surface area contributed by atoms with Crippen LogP contribution < -0.4 is 4.74 Å². The molecule has 0 unspecified atom stereocenters. The maximum atomic E-state index is 13.1. The maximum Gasteiger partial charge on any atom is 0.243 e. The molecule has 3 rings (SSSR count). The number of carbonyl (C=O) groups excluding carboxylic acids is 1. The summed E-state index contributed by atoms with van der Waals surface area (Å²) in [5.41, 5.74) is 3.11. The largest absolute Gasteiger partial charge is 0.493 e. The van der Waals surface area contributed by atoms with E-state index < -0.39 is 0 Å². The third kappa shape index (κ3) is 5.36. The molecule has 0 N–H and O–H groups in total. The van der Waals surface area contributed by atoms with Crippen LogP contribution in [0, 0.1) is 6.92 Å². The number of carbonyl (C=O) groups is 1. The number of aryl methyl sites for hydroxylation is 1. The minimum absolute atomic E-state index is 0.112. The summed E-state index contributed by atoms with van der Waals surface area (Å²) in [6.45, 7) is 11.2. The molecule has 1 aromatic heterocycles. The number of amides is 1. The molecular formula is C24H31N3O2S. The van der Waals surface area contributed by atoms with E-state index in [0.717, 1.165) is 27.7 Å². The van der Waals surface area contributed by atoms with E-state index >= 15 is 0 Å². The van der Waals surface area contributed by atoms with E-state index in [9.17, 15) is 4.79 Å². The van der Waals surface area contributed by atoms with Crippen LogP contribution in [0.15, 0.2) is 53.7 Å². The number of aromatic nitrogens is 2. The second kappa shape index (κ2) is 10.0. The molecule has 0 aliphatic rings. The van der Waals surface area contributed by atoms with Crippen molar-refractivity contribution in [1.29, 1.82) is 0 Å². The van der Waals surface area contributed by atoms with Crippen molar-refractivity contribution >= 4 is 28.7 Å². The number of hydrogen-bond donors (Lipinski definition) is 0. The number of thioether (sulfide) groups is 1. The summed E-state index contributed by atoms with van der Waals surface area (Å²) in [5, 5.41) is 0.851. The number of rotatable bonds is 9. The van der Waals surface area contributed by atoms with Gasteiger partial charge in [0.15, 0.2) is 5.16 Å². The van der Waals surface area contributed by atoms with Gasteiger partial charge in [-0.2, -0.15) is 0 Å². The van der Waals surface area contributed by atoms with E-state index in [1.54, 1.807) is 11.8 Å². The van der Waals surface area contributed by atoms with Crippen LogP contribution in [0.25, 0.3) is 11.0 Å². The number of benzene rings is 2. The molecule has 5 nitrogen and oxygen atoms in total. The lowest BCUT2D eigenvalue weighted by Gasteiger charge is -2.31. The number of ether oxygens (including phenoxy) is 1. The number of para-hydroxylation sites is 2. The van der Waals surface area contributed by atoms with Crippen LogP contribution in [0.2, 0.25) is 0 Å². The van der Waals surface area contributed by atoms with Gasteiger partial charge in [-0.15, -0.1) is 0 Å². The lowest BCUT2D eigenvalue weighted by molar-refractivity contribution is -0.135. The fourth-order valence-corrected chi connectivity index (χ4v) is 4.46. The third-order valence-electron chi connectivity index (χ3n) is 4.92. The van der Waals surface area contributed by atoms with E-state index in [1.165, 1.54) is 5.56 Å². The summed E-state index contributed by atoms with van der Waals surface area (Å²) < 4.78 is 7.88. The first-order valence-electron chi connectivity index (χ1n) is 10.5. The monoisotopic (exact) mass is 425 g/mol. The van der Waals surface area contributed by atoms with Crippen molar-refractivity contribution in [3.63, 3.8) is 0 Å². The fourth-order valence-electron chi connectivity index (χ4n) is 3.63. The zero-order chi connectivity index (χ0) is 21.7. The highest BCUT2D eigenvalue weighted by Crippen LogP contribution is 2.25. The summed E-state index contributed by atoms with van der Waals surface area (Å²) in [6.07, 6.45) is 0. The standard InChI is InChI=1S/C24H31N3O2S/c1-17(2)27(18(3)4)23(28)16-26-22-9-7-6-8-21(22)25-24(26)30-15-14-29-20-12-10-19(5)11-13-20/h6-13,17-18H,14-16H2,1-5H3. The quantitative estimate of drug-likeness (QED) is 0.351. The summed E-state index contributed by atoms with van der Waals surface area (Å²) in [4.78, 5) is 19.8. The van der Waals surface area contributed by atoms with Crippen LogP contribution in [0.5, 0.6) is 5.75 Å². The Hall–Kier alpha value is -2.47. The fraction of sp³-hybridized carbons (Fsp3) is 0.417. The molecule has 0 radical (unpaired) electrons. The molecule has 0 fully saturated rings. The van der Waals surface area contributed by atoms with Crippen LogP contribution >= 0.6 is 11.8 Å². The van der Waals surface area contributed by atoms with E-state index in [2.05, 4.69) is 34.6 Å². The normalized spacial score (nSPS) is 11.4. The molecule has 1 heterocycles. The van der Waals surface area contributed by atoms with Gasteiger partial charge in [0.05, 0.1) is 17.6 Å². The summed E-state index contributed by atoms with van der Waals surface area (Å²) in [6, 6.07) is 16.4. The molecule has 160 valence electrons. The molecule has 0 spiro atoms. The van der Waals surface area contributed by atoms with Crippen molar-refractivity contribution in [3.8, 4) is 5.75 Å². The van der Waals surface area contributed by atoms with Crippen molar-refractivity contribution in [2.45, 2.75) is 58.4 Å². The van der Waals surface area contributed by atoms with Crippen LogP contribution in [0.4, 0.5) is 0 Å². The summed E-state index contributed by atoms with van der Waals surface area (Å²) in [5.74, 6) is 1.74. The Bertz CT molecular complexity index is 972. The highest BCUT2D eigenvalue weighted by Gasteiger charge is 2.22. The molecule has 0 atom stereocenters. The Morgan fingerprint density at radius 1 is 1.07 bits per heavy atom. The van der Waals surface area contributed by atoms with Gasteiger partial charge < -0.3 is 14.2 Å². The lowest BCUT2D eigenvalue weighted by Crippen LogP contribution is -2.43. The van der Waals surface area contributed by atoms with Gasteiger partial charge in [0, 0.05) is 17.8 Å². The number of fused-ring (bicyclic) bond motifs is 1. The van der Waals surface area contributed by atoms with Gasteiger partial charge in [-0.25, -0.2) is 4.98 Å². The van der Waals surface area contributed by atoms with Crippen molar-refractivity contribution in [3.05, 3.63) is 54.1 Å². The maximum absolute atomic E-state index is 13.1. The average Bonchev–Trinajstić information content (AvgIpc) is 3.03. The van der Waals surface area contributed by atoms with E-state index in [-0.39, 0.29) is 24.5 Å². The van der Waals surface area contributed by atoms with Crippen LogP contribution in [-0.2, 0) is 11.3 Å². The van der Waals surface area contributed by atoms with E-state index in [1.807, 2.05) is 58.0 Å². The SMILES string of the molecule is Cc1ccc(OCCSc2nc3ccccc3n2CC(=O)N(C(C)C)C(C)C)cc1. The first-order valence-corrected chi connectivity index (χ1v) is 11.4. The zero-order valence-corrected chi connectivity index (χ0v) is 19.3. The topological polar surface area (TPSA) is 47.4 Å². The number of imidazole rings is 1. The summed E-state index contributed by atoms with van der Waals surface area (Å²) >= 11 is 1.62. The van der Waals surface area contributed by atoms with Gasteiger partial charge in [0.2, 0.25) is 5.91 Å². The van der Waals surface area contributed by atoms with E-state index in [4.69, 9.17) is 9.72 Å². The second-order valence-electron chi connectivity index (χ2n) is 7.97. The molecule has 0 bridgehead atoms. The molecule has 30 heavy (non-hydrogen) atoms. The molecule has 1 amide bonds. The van der Waals surface area contributed by atoms with Gasteiger partial charge in [-0.05, 0) is 58.9 Å². The Kier molecular flexibility index (Phi) is 7.43.